The van der Waals surface area contributed by atoms with Crippen LogP contribution in [0, 0.1) is 6.92 Å². The van der Waals surface area contributed by atoms with Crippen molar-refractivity contribution in [2.24, 2.45) is 0 Å². The largest absolute Gasteiger partial charge is 0.496 e. The van der Waals surface area contributed by atoms with Gasteiger partial charge in [0.15, 0.2) is 0 Å². The summed E-state index contributed by atoms with van der Waals surface area (Å²) in [6.45, 7) is 2.03. The second-order valence-electron chi connectivity index (χ2n) is 3.94. The Labute approximate surface area is 106 Å². The van der Waals surface area contributed by atoms with Crippen molar-refractivity contribution in [1.29, 1.82) is 0 Å². The molecule has 0 aromatic heterocycles. The molecule has 0 radical (unpaired) electrons. The first-order chi connectivity index (χ1) is 8.11. The lowest BCUT2D eigenvalue weighted by atomic mass is 10.0. The van der Waals surface area contributed by atoms with E-state index in [0.29, 0.717) is 10.7 Å². The maximum Gasteiger partial charge on any atom is 0.126 e. The van der Waals surface area contributed by atoms with Crippen molar-refractivity contribution in [2.75, 3.05) is 12.8 Å². The number of halogens is 1. The number of aryl methyl sites for hydroxylation is 1. The molecule has 2 rings (SSSR count). The number of benzene rings is 2. The zero-order valence-electron chi connectivity index (χ0n) is 9.83. The summed E-state index contributed by atoms with van der Waals surface area (Å²) >= 11 is 6.01. The SMILES string of the molecule is COc1ccc(C)cc1-c1cc(Cl)ccc1N. The lowest BCUT2D eigenvalue weighted by Gasteiger charge is -2.12. The van der Waals surface area contributed by atoms with Crippen molar-refractivity contribution >= 4 is 17.3 Å². The van der Waals surface area contributed by atoms with Gasteiger partial charge in [0.25, 0.3) is 0 Å². The van der Waals surface area contributed by atoms with Crippen LogP contribution in [0.2, 0.25) is 5.02 Å². The molecule has 0 spiro atoms. The molecule has 88 valence electrons. The molecular weight excluding hydrogens is 234 g/mol. The van der Waals surface area contributed by atoms with Crippen molar-refractivity contribution in [2.45, 2.75) is 6.92 Å². The summed E-state index contributed by atoms with van der Waals surface area (Å²) in [5, 5.41) is 0.665. The van der Waals surface area contributed by atoms with Crippen molar-refractivity contribution in [3.05, 3.63) is 47.0 Å². The molecule has 2 aromatic carbocycles. The number of nitrogen functional groups attached to an aromatic ring is 1. The van der Waals surface area contributed by atoms with Gasteiger partial charge in [0, 0.05) is 21.8 Å². The van der Waals surface area contributed by atoms with Gasteiger partial charge in [0.2, 0.25) is 0 Å². The van der Waals surface area contributed by atoms with Gasteiger partial charge in [0.05, 0.1) is 7.11 Å². The Morgan fingerprint density at radius 3 is 2.53 bits per heavy atom. The standard InChI is InChI=1S/C14H14ClNO/c1-9-3-6-14(17-2)12(7-9)11-8-10(15)4-5-13(11)16/h3-8H,16H2,1-2H3. The second-order valence-corrected chi connectivity index (χ2v) is 4.37. The van der Waals surface area contributed by atoms with Crippen LogP contribution in [0.3, 0.4) is 0 Å². The first kappa shape index (κ1) is 11.8. The molecule has 0 saturated heterocycles. The van der Waals surface area contributed by atoms with E-state index in [1.165, 1.54) is 0 Å². The number of hydrogen-bond acceptors (Lipinski definition) is 2. The van der Waals surface area contributed by atoms with E-state index in [2.05, 4.69) is 0 Å². The van der Waals surface area contributed by atoms with E-state index in [4.69, 9.17) is 22.1 Å². The molecule has 0 atom stereocenters. The smallest absolute Gasteiger partial charge is 0.126 e. The molecule has 17 heavy (non-hydrogen) atoms. The van der Waals surface area contributed by atoms with Gasteiger partial charge in [-0.2, -0.15) is 0 Å². The molecule has 3 heteroatoms. The van der Waals surface area contributed by atoms with E-state index < -0.39 is 0 Å². The highest BCUT2D eigenvalue weighted by Gasteiger charge is 2.09. The Balaban J connectivity index is 2.66. The molecule has 0 amide bonds. The molecule has 2 nitrogen and oxygen atoms in total. The average molecular weight is 248 g/mol. The van der Waals surface area contributed by atoms with E-state index in [1.54, 1.807) is 19.2 Å². The lowest BCUT2D eigenvalue weighted by molar-refractivity contribution is 0.416. The van der Waals surface area contributed by atoms with Crippen molar-refractivity contribution in [3.63, 3.8) is 0 Å². The van der Waals surface area contributed by atoms with Crippen LogP contribution in [0.1, 0.15) is 5.56 Å². The molecule has 0 aliphatic rings. The first-order valence-electron chi connectivity index (χ1n) is 5.32. The summed E-state index contributed by atoms with van der Waals surface area (Å²) in [5.41, 5.74) is 9.69. The van der Waals surface area contributed by atoms with Crippen LogP contribution in [-0.4, -0.2) is 7.11 Å². The van der Waals surface area contributed by atoms with Crippen LogP contribution in [0.25, 0.3) is 11.1 Å². The van der Waals surface area contributed by atoms with E-state index >= 15 is 0 Å². The van der Waals surface area contributed by atoms with Gasteiger partial charge in [-0.05, 0) is 37.3 Å². The third kappa shape index (κ3) is 2.37. The number of anilines is 1. The minimum atomic E-state index is 0.665. The minimum Gasteiger partial charge on any atom is -0.496 e. The fourth-order valence-corrected chi connectivity index (χ4v) is 1.97. The fraction of sp³-hybridized carbons (Fsp3) is 0.143. The molecule has 0 aliphatic heterocycles. The summed E-state index contributed by atoms with van der Waals surface area (Å²) in [4.78, 5) is 0. The molecular formula is C14H14ClNO. The highest BCUT2D eigenvalue weighted by atomic mass is 35.5. The molecule has 0 fully saturated rings. The van der Waals surface area contributed by atoms with Crippen LogP contribution in [0.15, 0.2) is 36.4 Å². The highest BCUT2D eigenvalue weighted by Crippen LogP contribution is 2.35. The van der Waals surface area contributed by atoms with Crippen LogP contribution >= 0.6 is 11.6 Å². The normalized spacial score (nSPS) is 10.3. The summed E-state index contributed by atoms with van der Waals surface area (Å²) in [6.07, 6.45) is 0. The molecule has 0 heterocycles. The van der Waals surface area contributed by atoms with Gasteiger partial charge in [0.1, 0.15) is 5.75 Å². The molecule has 0 unspecified atom stereocenters. The Bertz CT molecular complexity index is 552. The van der Waals surface area contributed by atoms with E-state index in [1.807, 2.05) is 31.2 Å². The van der Waals surface area contributed by atoms with Gasteiger partial charge in [-0.1, -0.05) is 23.2 Å². The summed E-state index contributed by atoms with van der Waals surface area (Å²) in [6, 6.07) is 11.4. The Morgan fingerprint density at radius 1 is 1.06 bits per heavy atom. The monoisotopic (exact) mass is 247 g/mol. The zero-order valence-corrected chi connectivity index (χ0v) is 10.6. The van der Waals surface area contributed by atoms with Crippen molar-refractivity contribution in [1.82, 2.24) is 0 Å². The van der Waals surface area contributed by atoms with Crippen LogP contribution in [0.4, 0.5) is 5.69 Å². The third-order valence-electron chi connectivity index (χ3n) is 2.66. The van der Waals surface area contributed by atoms with Gasteiger partial charge < -0.3 is 10.5 Å². The highest BCUT2D eigenvalue weighted by molar-refractivity contribution is 6.31. The maximum absolute atomic E-state index is 6.01. The van der Waals surface area contributed by atoms with Gasteiger partial charge >= 0.3 is 0 Å². The predicted molar refractivity (Wildman–Crippen MR) is 72.6 cm³/mol. The average Bonchev–Trinajstić information content (AvgIpc) is 2.32. The number of hydrogen-bond donors (Lipinski definition) is 1. The molecule has 2 aromatic rings. The number of nitrogens with two attached hydrogens (primary N) is 1. The summed E-state index contributed by atoms with van der Waals surface area (Å²) < 4.78 is 5.35. The Kier molecular flexibility index (Phi) is 3.25. The molecule has 0 saturated carbocycles. The van der Waals surface area contributed by atoms with Crippen LogP contribution in [0.5, 0.6) is 5.75 Å². The van der Waals surface area contributed by atoms with Gasteiger partial charge in [-0.3, -0.25) is 0 Å². The van der Waals surface area contributed by atoms with Crippen molar-refractivity contribution < 1.29 is 4.74 Å². The Hall–Kier alpha value is -1.67. The van der Waals surface area contributed by atoms with Crippen molar-refractivity contribution in [3.8, 4) is 16.9 Å². The number of methoxy groups -OCH3 is 1. The fourth-order valence-electron chi connectivity index (χ4n) is 1.79. The lowest BCUT2D eigenvalue weighted by Crippen LogP contribution is -1.93. The van der Waals surface area contributed by atoms with Gasteiger partial charge in [-0.15, -0.1) is 0 Å². The first-order valence-corrected chi connectivity index (χ1v) is 5.69. The minimum absolute atomic E-state index is 0.665. The van der Waals surface area contributed by atoms with E-state index in [9.17, 15) is 0 Å². The number of ether oxygens (including phenoxy) is 1. The Morgan fingerprint density at radius 2 is 1.82 bits per heavy atom. The zero-order chi connectivity index (χ0) is 12.4. The number of rotatable bonds is 2. The second kappa shape index (κ2) is 4.68. The topological polar surface area (TPSA) is 35.2 Å². The third-order valence-corrected chi connectivity index (χ3v) is 2.90. The van der Waals surface area contributed by atoms with Crippen LogP contribution in [-0.2, 0) is 0 Å². The van der Waals surface area contributed by atoms with E-state index in [0.717, 1.165) is 22.4 Å². The summed E-state index contributed by atoms with van der Waals surface area (Å²) in [5.74, 6) is 0.796. The molecule has 0 bridgehead atoms. The van der Waals surface area contributed by atoms with E-state index in [-0.39, 0.29) is 0 Å². The van der Waals surface area contributed by atoms with Gasteiger partial charge in [-0.25, -0.2) is 0 Å². The molecule has 2 N–H and O–H groups in total. The van der Waals surface area contributed by atoms with Crippen LogP contribution < -0.4 is 10.5 Å². The predicted octanol–water partition coefficient (Wildman–Crippen LogP) is 3.91. The molecule has 0 aliphatic carbocycles. The summed E-state index contributed by atoms with van der Waals surface area (Å²) in [7, 11) is 1.65. The maximum atomic E-state index is 6.01. The quantitative estimate of drug-likeness (QED) is 0.817.